The number of pyridine rings is 2. The largest absolute Gasteiger partial charge is 0.372 e. The van der Waals surface area contributed by atoms with Gasteiger partial charge in [0.05, 0.1) is 11.4 Å². The second-order valence-electron chi connectivity index (χ2n) is 8.55. The van der Waals surface area contributed by atoms with Gasteiger partial charge in [-0.05, 0) is 49.6 Å². The summed E-state index contributed by atoms with van der Waals surface area (Å²) in [6, 6.07) is 12.2. The van der Waals surface area contributed by atoms with Gasteiger partial charge in [-0.2, -0.15) is 0 Å². The Hall–Kier alpha value is -3.48. The third-order valence-corrected chi connectivity index (χ3v) is 5.94. The molecule has 0 radical (unpaired) electrons. The average molecular weight is 450 g/mol. The van der Waals surface area contributed by atoms with Gasteiger partial charge in [0, 0.05) is 56.3 Å². The molecule has 0 saturated heterocycles. The summed E-state index contributed by atoms with van der Waals surface area (Å²) in [5.41, 5.74) is 4.20. The van der Waals surface area contributed by atoms with Crippen LogP contribution in [-0.4, -0.2) is 30.1 Å². The van der Waals surface area contributed by atoms with E-state index in [1.54, 1.807) is 18.5 Å². The van der Waals surface area contributed by atoms with Gasteiger partial charge >= 0.3 is 0 Å². The van der Waals surface area contributed by atoms with Crippen LogP contribution in [0.5, 0.6) is 0 Å². The lowest BCUT2D eigenvalue weighted by molar-refractivity contribution is 0.0175. The van der Waals surface area contributed by atoms with Crippen LogP contribution >= 0.6 is 0 Å². The highest BCUT2D eigenvalue weighted by molar-refractivity contribution is 5.75. The number of aromatic nitrogens is 2. The lowest BCUT2D eigenvalue weighted by Crippen LogP contribution is -2.33. The molecule has 4 rings (SSSR count). The topological polar surface area (TPSA) is 44.3 Å². The van der Waals surface area contributed by atoms with Crippen LogP contribution in [0.3, 0.4) is 0 Å². The van der Waals surface area contributed by atoms with E-state index < -0.39 is 5.92 Å². The maximum Gasteiger partial charge on any atom is 0.270 e. The minimum atomic E-state index is -2.91. The highest BCUT2D eigenvalue weighted by Gasteiger charge is 2.25. The highest BCUT2D eigenvalue weighted by atomic mass is 19.3. The Morgan fingerprint density at radius 2 is 1.91 bits per heavy atom. The van der Waals surface area contributed by atoms with E-state index in [1.165, 1.54) is 12.1 Å². The molecule has 2 aromatic heterocycles. The second kappa shape index (κ2) is 9.17. The number of anilines is 3. The fourth-order valence-corrected chi connectivity index (χ4v) is 3.99. The van der Waals surface area contributed by atoms with Gasteiger partial charge in [0.25, 0.3) is 5.92 Å². The zero-order chi connectivity index (χ0) is 23.6. The zero-order valence-corrected chi connectivity index (χ0v) is 19.3. The molecule has 0 unspecified atom stereocenters. The molecule has 3 heterocycles. The third kappa shape index (κ3) is 4.97. The standard InChI is InChI=1S/C26H29F2N5/c1-18-17-29-13-12-22(18)30-19(2)33-15-6-5-14-32(4)24-11-10-23(31-25(24)33)20-8-7-9-21(16-20)26(3,27)28/h7-13,16-17H,2,5-6,14-15H2,1,3-4H3,(H,29,30). The van der Waals surface area contributed by atoms with Gasteiger partial charge in [-0.25, -0.2) is 13.8 Å². The maximum absolute atomic E-state index is 13.9. The van der Waals surface area contributed by atoms with Gasteiger partial charge in [-0.1, -0.05) is 24.8 Å². The number of benzene rings is 1. The van der Waals surface area contributed by atoms with Gasteiger partial charge in [0.15, 0.2) is 5.82 Å². The molecule has 7 heteroatoms. The molecule has 1 N–H and O–H groups in total. The van der Waals surface area contributed by atoms with Crippen LogP contribution in [0.25, 0.3) is 11.3 Å². The molecule has 5 nitrogen and oxygen atoms in total. The first-order chi connectivity index (χ1) is 15.7. The van der Waals surface area contributed by atoms with E-state index >= 15 is 0 Å². The number of hydrogen-bond acceptors (Lipinski definition) is 5. The van der Waals surface area contributed by atoms with Crippen molar-refractivity contribution in [3.8, 4) is 11.3 Å². The smallest absolute Gasteiger partial charge is 0.270 e. The summed E-state index contributed by atoms with van der Waals surface area (Å²) in [5.74, 6) is -1.45. The molecular formula is C26H29F2N5. The number of fused-ring (bicyclic) bond motifs is 1. The Labute approximate surface area is 193 Å². The summed E-state index contributed by atoms with van der Waals surface area (Å²) < 4.78 is 27.8. The molecular weight excluding hydrogens is 420 g/mol. The van der Waals surface area contributed by atoms with E-state index in [4.69, 9.17) is 4.98 Å². The summed E-state index contributed by atoms with van der Waals surface area (Å²) in [4.78, 5) is 13.4. The van der Waals surface area contributed by atoms with Crippen molar-refractivity contribution >= 4 is 17.2 Å². The van der Waals surface area contributed by atoms with Crippen molar-refractivity contribution in [1.82, 2.24) is 9.97 Å². The highest BCUT2D eigenvalue weighted by Crippen LogP contribution is 2.36. The number of nitrogens with zero attached hydrogens (tertiary/aromatic N) is 4. The molecule has 1 aromatic carbocycles. The van der Waals surface area contributed by atoms with Crippen LogP contribution in [0.2, 0.25) is 0 Å². The Morgan fingerprint density at radius 1 is 1.12 bits per heavy atom. The van der Waals surface area contributed by atoms with E-state index in [9.17, 15) is 8.78 Å². The first-order valence-electron chi connectivity index (χ1n) is 11.1. The van der Waals surface area contributed by atoms with Crippen molar-refractivity contribution in [2.75, 3.05) is 35.3 Å². The average Bonchev–Trinajstić information content (AvgIpc) is 2.78. The van der Waals surface area contributed by atoms with Crippen LogP contribution in [0.4, 0.5) is 26.0 Å². The summed E-state index contributed by atoms with van der Waals surface area (Å²) >= 11 is 0. The molecule has 0 spiro atoms. The first kappa shape index (κ1) is 22.7. The number of hydrogen-bond donors (Lipinski definition) is 1. The zero-order valence-electron chi connectivity index (χ0n) is 19.3. The number of rotatable bonds is 5. The minimum absolute atomic E-state index is 0.0262. The number of alkyl halides is 2. The molecule has 0 aliphatic carbocycles. The van der Waals surface area contributed by atoms with Gasteiger partial charge in [-0.3, -0.25) is 4.98 Å². The predicted octanol–water partition coefficient (Wildman–Crippen LogP) is 6.18. The van der Waals surface area contributed by atoms with E-state index in [2.05, 4.69) is 26.7 Å². The van der Waals surface area contributed by atoms with Crippen molar-refractivity contribution in [2.24, 2.45) is 0 Å². The summed E-state index contributed by atoms with van der Waals surface area (Å²) in [6.07, 6.45) is 5.56. The number of aryl methyl sites for hydroxylation is 1. The van der Waals surface area contributed by atoms with Crippen LogP contribution in [0.15, 0.2) is 67.3 Å². The lowest BCUT2D eigenvalue weighted by Gasteiger charge is -2.34. The van der Waals surface area contributed by atoms with Crippen LogP contribution in [0.1, 0.15) is 30.9 Å². The molecule has 0 saturated carbocycles. The quantitative estimate of drug-likeness (QED) is 0.504. The van der Waals surface area contributed by atoms with E-state index in [0.717, 1.165) is 55.6 Å². The molecule has 3 aromatic rings. The van der Waals surface area contributed by atoms with Crippen molar-refractivity contribution < 1.29 is 8.78 Å². The molecule has 172 valence electrons. The third-order valence-electron chi connectivity index (χ3n) is 5.94. The normalized spacial score (nSPS) is 14.3. The Balaban J connectivity index is 1.75. The Kier molecular flexibility index (Phi) is 6.31. The molecule has 0 bridgehead atoms. The van der Waals surface area contributed by atoms with Gasteiger partial charge < -0.3 is 15.1 Å². The van der Waals surface area contributed by atoms with Crippen molar-refractivity contribution in [3.05, 3.63) is 78.4 Å². The lowest BCUT2D eigenvalue weighted by atomic mass is 10.0. The minimum Gasteiger partial charge on any atom is -0.372 e. The molecule has 1 aliphatic rings. The van der Waals surface area contributed by atoms with Crippen LogP contribution in [0, 0.1) is 6.92 Å². The summed E-state index contributed by atoms with van der Waals surface area (Å²) in [7, 11) is 2.05. The second-order valence-corrected chi connectivity index (χ2v) is 8.55. The van der Waals surface area contributed by atoms with Crippen molar-refractivity contribution in [3.63, 3.8) is 0 Å². The van der Waals surface area contributed by atoms with Gasteiger partial charge in [0.1, 0.15) is 5.82 Å². The SMILES string of the molecule is C=C(Nc1ccncc1C)N1CCCCN(C)c2ccc(-c3cccc(C(C)(F)F)c3)nc21. The van der Waals surface area contributed by atoms with E-state index in [1.807, 2.05) is 38.2 Å². The van der Waals surface area contributed by atoms with Crippen molar-refractivity contribution in [1.29, 1.82) is 0 Å². The Bertz CT molecular complexity index is 1160. The van der Waals surface area contributed by atoms with Crippen LogP contribution < -0.4 is 15.1 Å². The molecule has 0 fully saturated rings. The Morgan fingerprint density at radius 3 is 2.67 bits per heavy atom. The number of halogens is 2. The fourth-order valence-electron chi connectivity index (χ4n) is 3.99. The van der Waals surface area contributed by atoms with Gasteiger partial charge in [0.2, 0.25) is 0 Å². The molecule has 33 heavy (non-hydrogen) atoms. The van der Waals surface area contributed by atoms with E-state index in [0.29, 0.717) is 17.1 Å². The van der Waals surface area contributed by atoms with Crippen molar-refractivity contribution in [2.45, 2.75) is 32.6 Å². The fraction of sp³-hybridized carbons (Fsp3) is 0.308. The summed E-state index contributed by atoms with van der Waals surface area (Å²) in [6.45, 7) is 8.87. The van der Waals surface area contributed by atoms with Gasteiger partial charge in [-0.15, -0.1) is 0 Å². The monoisotopic (exact) mass is 449 g/mol. The molecule has 0 atom stereocenters. The first-order valence-corrected chi connectivity index (χ1v) is 11.1. The predicted molar refractivity (Wildman–Crippen MR) is 131 cm³/mol. The van der Waals surface area contributed by atoms with Crippen LogP contribution in [-0.2, 0) is 5.92 Å². The van der Waals surface area contributed by atoms with E-state index in [-0.39, 0.29) is 5.56 Å². The summed E-state index contributed by atoms with van der Waals surface area (Å²) in [5, 5.41) is 3.41. The number of nitrogens with one attached hydrogen (secondary N) is 1. The molecule has 0 amide bonds. The maximum atomic E-state index is 13.9. The molecule has 1 aliphatic heterocycles.